The summed E-state index contributed by atoms with van der Waals surface area (Å²) in [7, 11) is 1.55. The summed E-state index contributed by atoms with van der Waals surface area (Å²) in [6, 6.07) is 21.0. The van der Waals surface area contributed by atoms with Crippen LogP contribution in [0, 0.1) is 0 Å². The molecular formula is C28H28N2O6. The summed E-state index contributed by atoms with van der Waals surface area (Å²) in [4.78, 5) is 39.4. The van der Waals surface area contributed by atoms with Gasteiger partial charge in [-0.1, -0.05) is 24.3 Å². The average Bonchev–Trinajstić information content (AvgIpc) is 2.91. The van der Waals surface area contributed by atoms with Crippen molar-refractivity contribution < 1.29 is 28.6 Å². The first kappa shape index (κ1) is 24.8. The van der Waals surface area contributed by atoms with Gasteiger partial charge in [0.05, 0.1) is 12.7 Å². The zero-order chi connectivity index (χ0) is 25.5. The van der Waals surface area contributed by atoms with E-state index in [-0.39, 0.29) is 24.0 Å². The number of rotatable bonds is 8. The Kier molecular flexibility index (Phi) is 7.85. The van der Waals surface area contributed by atoms with E-state index in [9.17, 15) is 14.4 Å². The molecule has 186 valence electrons. The van der Waals surface area contributed by atoms with Gasteiger partial charge in [-0.2, -0.15) is 0 Å². The van der Waals surface area contributed by atoms with Crippen LogP contribution < -0.4 is 19.7 Å². The molecule has 3 aromatic carbocycles. The normalized spacial score (nSPS) is 13.2. The number of aryl methyl sites for hydroxylation is 1. The highest BCUT2D eigenvalue weighted by Gasteiger charge is 2.28. The lowest BCUT2D eigenvalue weighted by atomic mass is 10.0. The second kappa shape index (κ2) is 11.4. The molecule has 0 aromatic heterocycles. The van der Waals surface area contributed by atoms with Crippen LogP contribution in [0.4, 0.5) is 11.4 Å². The Balaban J connectivity index is 1.29. The van der Waals surface area contributed by atoms with E-state index in [1.807, 2.05) is 24.3 Å². The number of esters is 1. The highest BCUT2D eigenvalue weighted by molar-refractivity contribution is 5.99. The van der Waals surface area contributed by atoms with E-state index in [1.165, 1.54) is 12.1 Å². The monoisotopic (exact) mass is 488 g/mol. The molecule has 1 heterocycles. The van der Waals surface area contributed by atoms with Crippen molar-refractivity contribution in [3.8, 4) is 11.5 Å². The van der Waals surface area contributed by atoms with Gasteiger partial charge in [0.25, 0.3) is 11.8 Å². The quantitative estimate of drug-likeness (QED) is 0.477. The second-order valence-electron chi connectivity index (χ2n) is 8.36. The van der Waals surface area contributed by atoms with Crippen LogP contribution in [-0.4, -0.2) is 44.1 Å². The predicted molar refractivity (Wildman–Crippen MR) is 136 cm³/mol. The Hall–Kier alpha value is -4.33. The predicted octanol–water partition coefficient (Wildman–Crippen LogP) is 4.24. The molecule has 0 bridgehead atoms. The topological polar surface area (TPSA) is 94.2 Å². The lowest BCUT2D eigenvalue weighted by Crippen LogP contribution is -2.42. The molecule has 0 radical (unpaired) electrons. The summed E-state index contributed by atoms with van der Waals surface area (Å²) in [6.07, 6.45) is 0.855. The van der Waals surface area contributed by atoms with Crippen molar-refractivity contribution in [2.24, 2.45) is 0 Å². The third-order valence-electron chi connectivity index (χ3n) is 5.82. The van der Waals surface area contributed by atoms with Crippen LogP contribution in [0.3, 0.4) is 0 Å². The molecule has 3 aromatic rings. The number of carbonyl (C=O) groups excluding carboxylic acids is 3. The van der Waals surface area contributed by atoms with Crippen molar-refractivity contribution in [3.05, 3.63) is 83.9 Å². The first-order valence-electron chi connectivity index (χ1n) is 11.7. The van der Waals surface area contributed by atoms with Crippen molar-refractivity contribution in [1.29, 1.82) is 0 Å². The van der Waals surface area contributed by atoms with Gasteiger partial charge in [-0.15, -0.1) is 0 Å². The number of para-hydroxylation sites is 1. The Morgan fingerprint density at radius 2 is 1.75 bits per heavy atom. The Morgan fingerprint density at radius 1 is 0.972 bits per heavy atom. The zero-order valence-electron chi connectivity index (χ0n) is 20.2. The lowest BCUT2D eigenvalue weighted by molar-refractivity contribution is -0.126. The molecule has 4 rings (SSSR count). The van der Waals surface area contributed by atoms with Crippen LogP contribution in [0.1, 0.15) is 29.3 Å². The molecule has 1 unspecified atom stereocenters. The molecule has 1 N–H and O–H groups in total. The van der Waals surface area contributed by atoms with Gasteiger partial charge in [0.1, 0.15) is 11.5 Å². The summed E-state index contributed by atoms with van der Waals surface area (Å²) in [5.74, 6) is -0.145. The molecule has 0 fully saturated rings. The van der Waals surface area contributed by atoms with Crippen molar-refractivity contribution in [3.63, 3.8) is 0 Å². The van der Waals surface area contributed by atoms with Crippen molar-refractivity contribution in [1.82, 2.24) is 0 Å². The highest BCUT2D eigenvalue weighted by atomic mass is 16.5. The van der Waals surface area contributed by atoms with Crippen LogP contribution in [0.5, 0.6) is 11.5 Å². The lowest BCUT2D eigenvalue weighted by Gasteiger charge is -2.31. The number of nitrogens with zero attached hydrogens (tertiary/aromatic N) is 1. The van der Waals surface area contributed by atoms with Gasteiger partial charge < -0.3 is 24.4 Å². The van der Waals surface area contributed by atoms with Crippen LogP contribution >= 0.6 is 0 Å². The van der Waals surface area contributed by atoms with E-state index in [0.717, 1.165) is 24.1 Å². The zero-order valence-corrected chi connectivity index (χ0v) is 20.2. The van der Waals surface area contributed by atoms with Gasteiger partial charge in [-0.3, -0.25) is 9.59 Å². The van der Waals surface area contributed by atoms with E-state index in [4.69, 9.17) is 14.2 Å². The summed E-state index contributed by atoms with van der Waals surface area (Å²) >= 11 is 0. The largest absolute Gasteiger partial charge is 0.497 e. The minimum Gasteiger partial charge on any atom is -0.497 e. The fourth-order valence-electron chi connectivity index (χ4n) is 4.00. The van der Waals surface area contributed by atoms with Crippen molar-refractivity contribution in [2.45, 2.75) is 25.9 Å². The molecule has 0 saturated carbocycles. The van der Waals surface area contributed by atoms with E-state index < -0.39 is 12.1 Å². The third-order valence-corrected chi connectivity index (χ3v) is 5.82. The number of hydrogen-bond donors (Lipinski definition) is 1. The number of nitrogens with one attached hydrogen (secondary N) is 1. The number of benzene rings is 3. The number of ether oxygens (including phenoxy) is 3. The smallest absolute Gasteiger partial charge is 0.338 e. The minimum absolute atomic E-state index is 0.205. The van der Waals surface area contributed by atoms with Gasteiger partial charge in [0.15, 0.2) is 12.7 Å². The van der Waals surface area contributed by atoms with Gasteiger partial charge in [0.2, 0.25) is 0 Å². The highest BCUT2D eigenvalue weighted by Crippen LogP contribution is 2.27. The van der Waals surface area contributed by atoms with Crippen LogP contribution in [0.15, 0.2) is 72.8 Å². The van der Waals surface area contributed by atoms with E-state index in [1.54, 1.807) is 55.3 Å². The molecule has 36 heavy (non-hydrogen) atoms. The SMILES string of the molecule is COc1cccc(NC(=O)COc2ccc(C(=O)OC(C)C(=O)N3CCCc4ccccc43)cc2)c1. The summed E-state index contributed by atoms with van der Waals surface area (Å²) in [6.45, 7) is 1.97. The van der Waals surface area contributed by atoms with E-state index in [0.29, 0.717) is 23.7 Å². The molecule has 8 nitrogen and oxygen atoms in total. The molecule has 1 aliphatic heterocycles. The average molecular weight is 489 g/mol. The fraction of sp³-hybridized carbons (Fsp3) is 0.250. The third kappa shape index (κ3) is 6.02. The fourth-order valence-corrected chi connectivity index (χ4v) is 4.00. The molecule has 0 spiro atoms. The molecule has 0 saturated heterocycles. The summed E-state index contributed by atoms with van der Waals surface area (Å²) in [5, 5.41) is 2.73. The maximum atomic E-state index is 13.0. The number of amides is 2. The summed E-state index contributed by atoms with van der Waals surface area (Å²) in [5.41, 5.74) is 2.86. The Labute approximate surface area is 209 Å². The summed E-state index contributed by atoms with van der Waals surface area (Å²) < 4.78 is 16.1. The molecule has 1 aliphatic rings. The number of fused-ring (bicyclic) bond motifs is 1. The van der Waals surface area contributed by atoms with Gasteiger partial charge in [0, 0.05) is 24.0 Å². The molecule has 1 atom stereocenters. The first-order chi connectivity index (χ1) is 17.4. The number of methoxy groups -OCH3 is 1. The maximum absolute atomic E-state index is 13.0. The van der Waals surface area contributed by atoms with E-state index >= 15 is 0 Å². The molecule has 8 heteroatoms. The molecule has 0 aliphatic carbocycles. The minimum atomic E-state index is -0.931. The van der Waals surface area contributed by atoms with Gasteiger partial charge in [-0.25, -0.2) is 4.79 Å². The van der Waals surface area contributed by atoms with E-state index in [2.05, 4.69) is 5.32 Å². The Bertz CT molecular complexity index is 1240. The maximum Gasteiger partial charge on any atom is 0.338 e. The standard InChI is InChI=1S/C28H28N2O6/c1-19(27(32)30-16-6-8-20-7-3-4-11-25(20)30)36-28(33)21-12-14-23(15-13-21)35-18-26(31)29-22-9-5-10-24(17-22)34-2/h3-5,7,9-15,17,19H,6,8,16,18H2,1-2H3,(H,29,31). The first-order valence-corrected chi connectivity index (χ1v) is 11.7. The molecule has 2 amide bonds. The van der Waals surface area contributed by atoms with Gasteiger partial charge in [-0.05, 0) is 67.8 Å². The van der Waals surface area contributed by atoms with Crippen molar-refractivity contribution >= 4 is 29.2 Å². The van der Waals surface area contributed by atoms with Gasteiger partial charge >= 0.3 is 5.97 Å². The number of anilines is 2. The van der Waals surface area contributed by atoms with Crippen molar-refractivity contribution in [2.75, 3.05) is 30.5 Å². The number of hydrogen-bond acceptors (Lipinski definition) is 6. The van der Waals surface area contributed by atoms with Crippen LogP contribution in [-0.2, 0) is 20.7 Å². The number of carbonyl (C=O) groups is 3. The van der Waals surface area contributed by atoms with Crippen LogP contribution in [0.2, 0.25) is 0 Å². The van der Waals surface area contributed by atoms with Crippen LogP contribution in [0.25, 0.3) is 0 Å². The second-order valence-corrected chi connectivity index (χ2v) is 8.36. The molecular weight excluding hydrogens is 460 g/mol. The Morgan fingerprint density at radius 3 is 2.53 bits per heavy atom.